The number of benzene rings is 1. The Hall–Kier alpha value is -2.57. The standard InChI is InChI=1S/C19H25N3O4/c1-13-5-2-7-15(11-13)20-19(26)21-9-3-6-14(12-21)17(23)22-10-4-8-16(22)18(24)25/h2,5,7,11,14,16H,3-4,6,8-10,12H2,1H3,(H,20,26)(H,24,25)/t14?,16-/m0/s1. The predicted octanol–water partition coefficient (Wildman–Crippen LogP) is 2.31. The van der Waals surface area contributed by atoms with Crippen LogP contribution in [0.3, 0.4) is 0 Å². The molecule has 2 atom stereocenters. The van der Waals surface area contributed by atoms with Gasteiger partial charge in [-0.25, -0.2) is 9.59 Å². The molecule has 2 saturated heterocycles. The smallest absolute Gasteiger partial charge is 0.326 e. The van der Waals surface area contributed by atoms with Crippen LogP contribution in [0.25, 0.3) is 0 Å². The fourth-order valence-corrected chi connectivity index (χ4v) is 3.81. The number of anilines is 1. The molecule has 2 fully saturated rings. The lowest BCUT2D eigenvalue weighted by Gasteiger charge is -2.34. The second-order valence-corrected chi connectivity index (χ2v) is 7.11. The third-order valence-corrected chi connectivity index (χ3v) is 5.15. The van der Waals surface area contributed by atoms with Gasteiger partial charge >= 0.3 is 12.0 Å². The summed E-state index contributed by atoms with van der Waals surface area (Å²) in [7, 11) is 0. The van der Waals surface area contributed by atoms with Crippen LogP contribution in [-0.2, 0) is 9.59 Å². The van der Waals surface area contributed by atoms with Gasteiger partial charge in [-0.05, 0) is 50.3 Å². The Labute approximate surface area is 153 Å². The first-order valence-corrected chi connectivity index (χ1v) is 9.11. The van der Waals surface area contributed by atoms with Crippen LogP contribution in [0.15, 0.2) is 24.3 Å². The van der Waals surface area contributed by atoms with Gasteiger partial charge in [0.25, 0.3) is 0 Å². The number of piperidine rings is 1. The maximum Gasteiger partial charge on any atom is 0.326 e. The van der Waals surface area contributed by atoms with Crippen molar-refractivity contribution in [3.63, 3.8) is 0 Å². The van der Waals surface area contributed by atoms with Crippen LogP contribution in [0.4, 0.5) is 10.5 Å². The van der Waals surface area contributed by atoms with E-state index in [1.807, 2.05) is 31.2 Å². The molecule has 0 radical (unpaired) electrons. The van der Waals surface area contributed by atoms with Gasteiger partial charge in [0.05, 0.1) is 5.92 Å². The molecule has 2 aliphatic heterocycles. The van der Waals surface area contributed by atoms with Gasteiger partial charge in [-0.1, -0.05) is 12.1 Å². The van der Waals surface area contributed by atoms with E-state index >= 15 is 0 Å². The number of aryl methyl sites for hydroxylation is 1. The van der Waals surface area contributed by atoms with E-state index < -0.39 is 12.0 Å². The van der Waals surface area contributed by atoms with Crippen molar-refractivity contribution in [3.05, 3.63) is 29.8 Å². The molecule has 0 bridgehead atoms. The Bertz CT molecular complexity index is 706. The summed E-state index contributed by atoms with van der Waals surface area (Å²) < 4.78 is 0. The van der Waals surface area contributed by atoms with Crippen LogP contribution in [0.1, 0.15) is 31.2 Å². The Morgan fingerprint density at radius 2 is 1.92 bits per heavy atom. The summed E-state index contributed by atoms with van der Waals surface area (Å²) in [6.07, 6.45) is 2.65. The van der Waals surface area contributed by atoms with Gasteiger partial charge in [0.2, 0.25) is 5.91 Å². The number of hydrogen-bond acceptors (Lipinski definition) is 3. The van der Waals surface area contributed by atoms with E-state index in [1.165, 1.54) is 4.90 Å². The largest absolute Gasteiger partial charge is 0.480 e. The summed E-state index contributed by atoms with van der Waals surface area (Å²) in [5, 5.41) is 12.2. The molecule has 3 amide bonds. The Morgan fingerprint density at radius 3 is 2.65 bits per heavy atom. The Balaban J connectivity index is 1.62. The summed E-state index contributed by atoms with van der Waals surface area (Å²) in [4.78, 5) is 39.8. The van der Waals surface area contributed by atoms with Crippen molar-refractivity contribution in [2.45, 2.75) is 38.6 Å². The molecule has 2 aliphatic rings. The van der Waals surface area contributed by atoms with Gasteiger partial charge in [-0.15, -0.1) is 0 Å². The fraction of sp³-hybridized carbons (Fsp3) is 0.526. The number of aliphatic carboxylic acids is 1. The van der Waals surface area contributed by atoms with Crippen molar-refractivity contribution in [1.82, 2.24) is 9.80 Å². The fourth-order valence-electron chi connectivity index (χ4n) is 3.81. The number of hydrogen-bond donors (Lipinski definition) is 2. The number of carboxylic acid groups (broad SMARTS) is 1. The lowest BCUT2D eigenvalue weighted by molar-refractivity contribution is -0.150. The van der Waals surface area contributed by atoms with Crippen LogP contribution in [-0.4, -0.2) is 58.5 Å². The number of carbonyl (C=O) groups is 3. The van der Waals surface area contributed by atoms with Gasteiger partial charge in [-0.2, -0.15) is 0 Å². The summed E-state index contributed by atoms with van der Waals surface area (Å²) in [6, 6.07) is 6.63. The molecule has 0 spiro atoms. The number of nitrogens with zero attached hydrogens (tertiary/aromatic N) is 2. The molecule has 0 saturated carbocycles. The van der Waals surface area contributed by atoms with Gasteiger partial charge in [0.1, 0.15) is 6.04 Å². The lowest BCUT2D eigenvalue weighted by Crippen LogP contribution is -2.50. The maximum absolute atomic E-state index is 12.8. The van der Waals surface area contributed by atoms with E-state index in [0.717, 1.165) is 17.7 Å². The predicted molar refractivity (Wildman–Crippen MR) is 96.9 cm³/mol. The van der Waals surface area contributed by atoms with Crippen LogP contribution in [0.2, 0.25) is 0 Å². The molecule has 2 N–H and O–H groups in total. The number of nitrogens with one attached hydrogen (secondary N) is 1. The lowest BCUT2D eigenvalue weighted by atomic mass is 9.96. The molecular weight excluding hydrogens is 334 g/mol. The van der Waals surface area contributed by atoms with Gasteiger partial charge in [-0.3, -0.25) is 4.79 Å². The third kappa shape index (κ3) is 3.98. The zero-order chi connectivity index (χ0) is 18.7. The average molecular weight is 359 g/mol. The quantitative estimate of drug-likeness (QED) is 0.867. The first-order chi connectivity index (χ1) is 12.5. The number of amides is 3. The molecule has 140 valence electrons. The summed E-state index contributed by atoms with van der Waals surface area (Å²) in [6.45, 7) is 3.38. The van der Waals surface area contributed by atoms with Crippen LogP contribution in [0.5, 0.6) is 0 Å². The average Bonchev–Trinajstić information content (AvgIpc) is 3.11. The molecule has 1 aromatic rings. The van der Waals surface area contributed by atoms with Crippen LogP contribution in [0, 0.1) is 12.8 Å². The van der Waals surface area contributed by atoms with E-state index in [-0.39, 0.29) is 17.9 Å². The van der Waals surface area contributed by atoms with Crippen LogP contribution < -0.4 is 5.32 Å². The van der Waals surface area contributed by atoms with Crippen molar-refractivity contribution in [2.75, 3.05) is 25.0 Å². The second kappa shape index (κ2) is 7.76. The molecule has 1 unspecified atom stereocenters. The SMILES string of the molecule is Cc1cccc(NC(=O)N2CCCC(C(=O)N3CCC[C@H]3C(=O)O)C2)c1. The first kappa shape index (κ1) is 18.2. The minimum absolute atomic E-state index is 0.136. The first-order valence-electron chi connectivity index (χ1n) is 9.11. The zero-order valence-electron chi connectivity index (χ0n) is 15.0. The van der Waals surface area contributed by atoms with Crippen LogP contribution >= 0.6 is 0 Å². The summed E-state index contributed by atoms with van der Waals surface area (Å²) >= 11 is 0. The van der Waals surface area contributed by atoms with Gasteiger partial charge in [0.15, 0.2) is 0 Å². The summed E-state index contributed by atoms with van der Waals surface area (Å²) in [5.41, 5.74) is 1.79. The number of rotatable bonds is 3. The molecule has 7 heteroatoms. The topological polar surface area (TPSA) is 90.0 Å². The highest BCUT2D eigenvalue weighted by Gasteiger charge is 2.38. The Kier molecular flexibility index (Phi) is 5.44. The van der Waals surface area contributed by atoms with Crippen molar-refractivity contribution >= 4 is 23.6 Å². The highest BCUT2D eigenvalue weighted by Crippen LogP contribution is 2.25. The van der Waals surface area contributed by atoms with Gasteiger partial charge < -0.3 is 20.2 Å². The highest BCUT2D eigenvalue weighted by atomic mass is 16.4. The monoisotopic (exact) mass is 359 g/mol. The normalized spacial score (nSPS) is 23.0. The number of carbonyl (C=O) groups excluding carboxylic acids is 2. The second-order valence-electron chi connectivity index (χ2n) is 7.11. The highest BCUT2D eigenvalue weighted by molar-refractivity contribution is 5.90. The van der Waals surface area contributed by atoms with Crippen molar-refractivity contribution in [2.24, 2.45) is 5.92 Å². The molecule has 26 heavy (non-hydrogen) atoms. The van der Waals surface area contributed by atoms with E-state index in [9.17, 15) is 19.5 Å². The zero-order valence-corrected chi connectivity index (χ0v) is 15.0. The molecule has 0 aliphatic carbocycles. The van der Waals surface area contributed by atoms with E-state index in [0.29, 0.717) is 38.9 Å². The van der Waals surface area contributed by atoms with Crippen molar-refractivity contribution in [3.8, 4) is 0 Å². The Morgan fingerprint density at radius 1 is 1.15 bits per heavy atom. The molecular formula is C19H25N3O4. The number of likely N-dealkylation sites (tertiary alicyclic amines) is 2. The molecule has 0 aromatic heterocycles. The van der Waals surface area contributed by atoms with E-state index in [2.05, 4.69) is 5.32 Å². The number of urea groups is 1. The minimum Gasteiger partial charge on any atom is -0.480 e. The molecule has 1 aromatic carbocycles. The molecule has 3 rings (SSSR count). The van der Waals surface area contributed by atoms with Crippen molar-refractivity contribution in [1.29, 1.82) is 0 Å². The van der Waals surface area contributed by atoms with E-state index in [1.54, 1.807) is 4.90 Å². The van der Waals surface area contributed by atoms with E-state index in [4.69, 9.17) is 0 Å². The van der Waals surface area contributed by atoms with Gasteiger partial charge in [0, 0.05) is 25.3 Å². The van der Waals surface area contributed by atoms with Crippen molar-refractivity contribution < 1.29 is 19.5 Å². The third-order valence-electron chi connectivity index (χ3n) is 5.15. The summed E-state index contributed by atoms with van der Waals surface area (Å²) in [5.74, 6) is -1.41. The number of carboxylic acids is 1. The molecule has 2 heterocycles. The minimum atomic E-state index is -0.944. The maximum atomic E-state index is 12.8. The molecule has 7 nitrogen and oxygen atoms in total.